The first kappa shape index (κ1) is 21.2. The van der Waals surface area contributed by atoms with Gasteiger partial charge in [0.05, 0.1) is 37.1 Å². The van der Waals surface area contributed by atoms with Crippen molar-refractivity contribution in [3.05, 3.63) is 0 Å². The van der Waals surface area contributed by atoms with E-state index in [0.717, 1.165) is 12.8 Å². The predicted octanol–water partition coefficient (Wildman–Crippen LogP) is -0.461. The minimum atomic E-state index is -1.56. The van der Waals surface area contributed by atoms with Gasteiger partial charge in [0.2, 0.25) is 0 Å². The van der Waals surface area contributed by atoms with Crippen LogP contribution in [0.4, 0.5) is 0 Å². The molecule has 0 amide bonds. The number of methoxy groups -OCH3 is 4. The largest absolute Gasteiger partial charge is 0.392 e. The third-order valence-electron chi connectivity index (χ3n) is 10.9. The highest BCUT2D eigenvalue weighted by molar-refractivity contribution is 5.41. The number of hydrogen-bond donors (Lipinski definition) is 4. The van der Waals surface area contributed by atoms with E-state index in [2.05, 4.69) is 5.32 Å². The van der Waals surface area contributed by atoms with E-state index in [1.54, 1.807) is 28.4 Å². The van der Waals surface area contributed by atoms with Crippen LogP contribution < -0.4 is 5.32 Å². The molecular weight excluding hydrogens is 402 g/mol. The van der Waals surface area contributed by atoms with Gasteiger partial charge in [-0.05, 0) is 25.2 Å². The van der Waals surface area contributed by atoms with Gasteiger partial charge in [0.15, 0.2) is 0 Å². The van der Waals surface area contributed by atoms with E-state index < -0.39 is 34.9 Å². The van der Waals surface area contributed by atoms with Crippen LogP contribution in [0.1, 0.15) is 25.7 Å². The van der Waals surface area contributed by atoms with E-state index >= 15 is 0 Å². The standard InChI is InChI=1S/C23H37NO7/c1-28-10-20-6-5-14(25)22-12-7-11-13(29-2)8-21(26,15(12)16(11)30-3)23(27,19(22)24-9-20)18(31-4)17(20)22/h11-19,24-27H,5-10H2,1-4H3/t11-,12-,13+,14+,15-,16+,17-,18+,19?,20+,21-,22+,23+/m1/s1. The average Bonchev–Trinajstić information content (AvgIpc) is 3.16. The molecule has 13 atom stereocenters. The van der Waals surface area contributed by atoms with Gasteiger partial charge in [-0.1, -0.05) is 0 Å². The molecule has 6 fully saturated rings. The van der Waals surface area contributed by atoms with E-state index in [-0.39, 0.29) is 41.3 Å². The summed E-state index contributed by atoms with van der Waals surface area (Å²) in [7, 11) is 6.71. The summed E-state index contributed by atoms with van der Waals surface area (Å²) < 4.78 is 23.7. The Balaban J connectivity index is 1.63. The van der Waals surface area contributed by atoms with Gasteiger partial charge in [0.25, 0.3) is 0 Å². The number of aliphatic hydroxyl groups is 3. The lowest BCUT2D eigenvalue weighted by molar-refractivity contribution is -0.300. The van der Waals surface area contributed by atoms with Gasteiger partial charge in [-0.2, -0.15) is 0 Å². The topological polar surface area (TPSA) is 110 Å². The summed E-state index contributed by atoms with van der Waals surface area (Å²) >= 11 is 0. The number of hydrogen-bond acceptors (Lipinski definition) is 8. The number of aliphatic hydroxyl groups excluding tert-OH is 1. The van der Waals surface area contributed by atoms with Gasteiger partial charge in [-0.25, -0.2) is 0 Å². The van der Waals surface area contributed by atoms with E-state index in [4.69, 9.17) is 18.9 Å². The first-order valence-corrected chi connectivity index (χ1v) is 11.7. The summed E-state index contributed by atoms with van der Waals surface area (Å²) in [6, 6.07) is -0.451. The van der Waals surface area contributed by atoms with Crippen LogP contribution in [0.15, 0.2) is 0 Å². The van der Waals surface area contributed by atoms with Crippen LogP contribution in [0, 0.1) is 34.5 Å². The molecule has 8 heteroatoms. The Bertz CT molecular complexity index is 768. The molecule has 5 aliphatic carbocycles. The number of ether oxygens (including phenoxy) is 4. The van der Waals surface area contributed by atoms with Gasteiger partial charge in [0, 0.05) is 70.0 Å². The van der Waals surface area contributed by atoms with Gasteiger partial charge >= 0.3 is 0 Å². The Labute approximate surface area is 183 Å². The highest BCUT2D eigenvalue weighted by Crippen LogP contribution is 2.78. The molecule has 0 radical (unpaired) electrons. The zero-order valence-electron chi connectivity index (χ0n) is 18.9. The van der Waals surface area contributed by atoms with Crippen LogP contribution in [-0.2, 0) is 18.9 Å². The minimum absolute atomic E-state index is 0.00218. The third kappa shape index (κ3) is 1.96. The normalized spacial score (nSPS) is 63.4. The van der Waals surface area contributed by atoms with Gasteiger partial charge in [-0.3, -0.25) is 0 Å². The summed E-state index contributed by atoms with van der Waals surface area (Å²) in [5, 5.41) is 40.4. The molecule has 1 aliphatic heterocycles. The molecule has 1 unspecified atom stereocenters. The van der Waals surface area contributed by atoms with Crippen molar-refractivity contribution in [2.24, 2.45) is 34.5 Å². The molecule has 1 spiro atoms. The van der Waals surface area contributed by atoms with Crippen LogP contribution in [-0.4, -0.2) is 98.6 Å². The molecule has 31 heavy (non-hydrogen) atoms. The Morgan fingerprint density at radius 1 is 1.06 bits per heavy atom. The second kappa shape index (κ2) is 6.42. The Kier molecular flexibility index (Phi) is 4.39. The Hall–Kier alpha value is -0.320. The fourth-order valence-corrected chi connectivity index (χ4v) is 10.3. The summed E-state index contributed by atoms with van der Waals surface area (Å²) in [5.74, 6) is -0.245. The smallest absolute Gasteiger partial charge is 0.136 e. The highest BCUT2D eigenvalue weighted by atomic mass is 16.5. The van der Waals surface area contributed by atoms with Crippen LogP contribution in [0.2, 0.25) is 0 Å². The van der Waals surface area contributed by atoms with Crippen LogP contribution in [0.3, 0.4) is 0 Å². The van der Waals surface area contributed by atoms with Crippen molar-refractivity contribution >= 4 is 0 Å². The molecule has 5 saturated carbocycles. The van der Waals surface area contributed by atoms with Crippen LogP contribution in [0.5, 0.6) is 0 Å². The van der Waals surface area contributed by atoms with Gasteiger partial charge < -0.3 is 39.6 Å². The summed E-state index contributed by atoms with van der Waals surface area (Å²) in [6.07, 6.45) is 1.00. The molecule has 1 heterocycles. The van der Waals surface area contributed by atoms with Crippen molar-refractivity contribution in [3.8, 4) is 0 Å². The zero-order valence-corrected chi connectivity index (χ0v) is 18.9. The van der Waals surface area contributed by atoms with Crippen molar-refractivity contribution in [2.75, 3.05) is 41.6 Å². The molecule has 7 bridgehead atoms. The molecule has 0 aromatic heterocycles. The summed E-state index contributed by atoms with van der Waals surface area (Å²) in [6.45, 7) is 1.22. The van der Waals surface area contributed by atoms with Crippen LogP contribution >= 0.6 is 0 Å². The molecule has 6 aliphatic rings. The minimum Gasteiger partial charge on any atom is -0.392 e. The van der Waals surface area contributed by atoms with E-state index in [9.17, 15) is 15.3 Å². The van der Waals surface area contributed by atoms with Gasteiger partial charge in [-0.15, -0.1) is 0 Å². The monoisotopic (exact) mass is 439 g/mol. The lowest BCUT2D eigenvalue weighted by Gasteiger charge is -2.67. The van der Waals surface area contributed by atoms with E-state index in [0.29, 0.717) is 26.0 Å². The average molecular weight is 440 g/mol. The second-order valence-corrected chi connectivity index (χ2v) is 11.3. The summed E-state index contributed by atoms with van der Waals surface area (Å²) in [5.41, 5.74) is -3.85. The van der Waals surface area contributed by atoms with E-state index in [1.165, 1.54) is 0 Å². The van der Waals surface area contributed by atoms with Gasteiger partial charge in [0.1, 0.15) is 11.2 Å². The second-order valence-electron chi connectivity index (χ2n) is 11.3. The predicted molar refractivity (Wildman–Crippen MR) is 109 cm³/mol. The maximum Gasteiger partial charge on any atom is 0.136 e. The fraction of sp³-hybridized carbons (Fsp3) is 1.00. The number of rotatable bonds is 5. The number of nitrogens with one attached hydrogen (secondary N) is 1. The van der Waals surface area contributed by atoms with Crippen molar-refractivity contribution in [1.29, 1.82) is 0 Å². The molecular formula is C23H37NO7. The lowest BCUT2D eigenvalue weighted by atomic mass is 9.43. The van der Waals surface area contributed by atoms with Crippen molar-refractivity contribution in [2.45, 2.75) is 67.3 Å². The molecule has 176 valence electrons. The molecule has 4 N–H and O–H groups in total. The third-order valence-corrected chi connectivity index (χ3v) is 10.9. The number of piperidine rings is 1. The van der Waals surface area contributed by atoms with Crippen molar-refractivity contribution in [1.82, 2.24) is 5.32 Å². The van der Waals surface area contributed by atoms with E-state index in [1.807, 2.05) is 0 Å². The molecule has 1 saturated heterocycles. The van der Waals surface area contributed by atoms with Crippen molar-refractivity contribution in [3.63, 3.8) is 0 Å². The first-order chi connectivity index (χ1) is 14.8. The molecule has 8 nitrogen and oxygen atoms in total. The summed E-state index contributed by atoms with van der Waals surface area (Å²) in [4.78, 5) is 0. The Morgan fingerprint density at radius 3 is 2.48 bits per heavy atom. The van der Waals surface area contributed by atoms with Crippen LogP contribution in [0.25, 0.3) is 0 Å². The fourth-order valence-electron chi connectivity index (χ4n) is 10.3. The maximum absolute atomic E-state index is 12.6. The molecule has 0 aromatic rings. The maximum atomic E-state index is 12.6. The number of fused-ring (bicyclic) bond motifs is 2. The lowest BCUT2D eigenvalue weighted by Crippen LogP contribution is -2.81. The molecule has 6 rings (SSSR count). The SMILES string of the molecule is COC[C@]12CC[C@H](O)[C@]34C(NC1)[C@@](O)([C@@H](OC)[C@H]23)[C@@]1(O)C[C@H](OC)[C@H]2C[C@@H]4[C@@H]1[C@H]2OC. The van der Waals surface area contributed by atoms with Crippen molar-refractivity contribution < 1.29 is 34.3 Å². The quantitative estimate of drug-likeness (QED) is 0.456. The first-order valence-electron chi connectivity index (χ1n) is 11.7. The molecule has 0 aromatic carbocycles. The Morgan fingerprint density at radius 2 is 1.84 bits per heavy atom. The highest BCUT2D eigenvalue weighted by Gasteiger charge is 2.90. The zero-order chi connectivity index (χ0) is 22.0.